The summed E-state index contributed by atoms with van der Waals surface area (Å²) in [7, 11) is 0. The van der Waals surface area contributed by atoms with E-state index in [0.29, 0.717) is 5.75 Å². The fourth-order valence-corrected chi connectivity index (χ4v) is 2.50. The number of rotatable bonds is 6. The van der Waals surface area contributed by atoms with Crippen molar-refractivity contribution in [2.24, 2.45) is 0 Å². The molecule has 0 aliphatic rings. The maximum Gasteiger partial charge on any atom is 0.115 e. The number of para-hydroxylation sites is 1. The van der Waals surface area contributed by atoms with E-state index in [9.17, 15) is 0 Å². The molecule has 0 unspecified atom stereocenters. The number of phenolic OH excluding ortho intramolecular Hbond substituents is 1. The number of phenols is 1. The predicted octanol–water partition coefficient (Wildman–Crippen LogP) is 6.07. The number of unbranched alkanes of at least 4 members (excludes halogenated alkanes) is 2. The quantitative estimate of drug-likeness (QED) is 0.686. The number of aromatic hydroxyl groups is 1. The maximum atomic E-state index is 8.63. The van der Waals surface area contributed by atoms with Crippen LogP contribution < -0.4 is 0 Å². The third-order valence-corrected chi connectivity index (χ3v) is 3.84. The number of hydrogen-bond donors (Lipinski definition) is 1. The van der Waals surface area contributed by atoms with Gasteiger partial charge in [-0.3, -0.25) is 0 Å². The van der Waals surface area contributed by atoms with Gasteiger partial charge >= 0.3 is 0 Å². The van der Waals surface area contributed by atoms with Crippen LogP contribution in [0.2, 0.25) is 0 Å². The van der Waals surface area contributed by atoms with Crippen molar-refractivity contribution in [1.29, 1.82) is 0 Å². The van der Waals surface area contributed by atoms with Crippen LogP contribution >= 0.6 is 0 Å². The SMILES string of the molecule is CCCCc1cccc(C)c1CCCC.Oc1ccccc1. The fraction of sp³-hybridized carbons (Fsp3) is 0.429. The Balaban J connectivity index is 0.000000287. The second-order valence-electron chi connectivity index (χ2n) is 5.76. The monoisotopic (exact) mass is 298 g/mol. The van der Waals surface area contributed by atoms with Crippen LogP contribution in [0.1, 0.15) is 56.2 Å². The summed E-state index contributed by atoms with van der Waals surface area (Å²) in [5, 5.41) is 8.63. The lowest BCUT2D eigenvalue weighted by molar-refractivity contribution is 0.475. The third kappa shape index (κ3) is 6.80. The molecule has 1 heteroatoms. The highest BCUT2D eigenvalue weighted by Gasteiger charge is 2.04. The molecular weight excluding hydrogens is 268 g/mol. The molecule has 2 aromatic rings. The van der Waals surface area contributed by atoms with E-state index < -0.39 is 0 Å². The zero-order chi connectivity index (χ0) is 16.2. The van der Waals surface area contributed by atoms with E-state index in [4.69, 9.17) is 5.11 Å². The Morgan fingerprint density at radius 3 is 1.95 bits per heavy atom. The minimum Gasteiger partial charge on any atom is -0.508 e. The average Bonchev–Trinajstić information content (AvgIpc) is 2.53. The molecule has 2 aromatic carbocycles. The molecular formula is C21H30O. The molecule has 0 bridgehead atoms. The molecule has 2 rings (SSSR count). The Morgan fingerprint density at radius 2 is 1.41 bits per heavy atom. The Labute approximate surface area is 136 Å². The van der Waals surface area contributed by atoms with E-state index in [1.807, 2.05) is 6.07 Å². The summed E-state index contributed by atoms with van der Waals surface area (Å²) in [6.07, 6.45) is 7.76. The second kappa shape index (κ2) is 10.9. The van der Waals surface area contributed by atoms with Crippen molar-refractivity contribution >= 4 is 0 Å². The molecule has 0 heterocycles. The van der Waals surface area contributed by atoms with Crippen LogP contribution in [0, 0.1) is 6.92 Å². The van der Waals surface area contributed by atoms with Gasteiger partial charge in [-0.1, -0.05) is 63.1 Å². The van der Waals surface area contributed by atoms with Gasteiger partial charge in [-0.05, 0) is 61.4 Å². The van der Waals surface area contributed by atoms with Crippen molar-refractivity contribution in [2.45, 2.75) is 59.3 Å². The lowest BCUT2D eigenvalue weighted by Crippen LogP contribution is -1.97. The minimum absolute atomic E-state index is 0.322. The summed E-state index contributed by atoms with van der Waals surface area (Å²) in [5.74, 6) is 0.322. The van der Waals surface area contributed by atoms with Crippen molar-refractivity contribution in [3.8, 4) is 5.75 Å². The van der Waals surface area contributed by atoms with Crippen molar-refractivity contribution in [3.63, 3.8) is 0 Å². The van der Waals surface area contributed by atoms with Crippen molar-refractivity contribution in [2.75, 3.05) is 0 Å². The van der Waals surface area contributed by atoms with E-state index in [0.717, 1.165) is 0 Å². The van der Waals surface area contributed by atoms with Crippen LogP contribution in [0.5, 0.6) is 5.75 Å². The number of hydrogen-bond acceptors (Lipinski definition) is 1. The normalized spacial score (nSPS) is 9.95. The van der Waals surface area contributed by atoms with E-state index in [2.05, 4.69) is 39.0 Å². The number of benzene rings is 2. The molecule has 0 saturated heterocycles. The van der Waals surface area contributed by atoms with Gasteiger partial charge in [-0.2, -0.15) is 0 Å². The van der Waals surface area contributed by atoms with Gasteiger partial charge in [0, 0.05) is 0 Å². The Bertz CT molecular complexity index is 517. The molecule has 0 aliphatic heterocycles. The predicted molar refractivity (Wildman–Crippen MR) is 96.5 cm³/mol. The fourth-order valence-electron chi connectivity index (χ4n) is 2.50. The highest BCUT2D eigenvalue weighted by atomic mass is 16.3. The van der Waals surface area contributed by atoms with Gasteiger partial charge < -0.3 is 5.11 Å². The summed E-state index contributed by atoms with van der Waals surface area (Å²) >= 11 is 0. The molecule has 0 fully saturated rings. The standard InChI is InChI=1S/C15H24.C6H6O/c1-4-6-10-14-11-8-9-13(3)15(14)12-7-5-2;7-6-4-2-1-3-5-6/h8-9,11H,4-7,10,12H2,1-3H3;1-5,7H. The van der Waals surface area contributed by atoms with E-state index in [-0.39, 0.29) is 0 Å². The zero-order valence-corrected chi connectivity index (χ0v) is 14.3. The van der Waals surface area contributed by atoms with Crippen LogP contribution in [0.15, 0.2) is 48.5 Å². The first-order valence-corrected chi connectivity index (χ1v) is 8.50. The van der Waals surface area contributed by atoms with Gasteiger partial charge in [0.25, 0.3) is 0 Å². The summed E-state index contributed by atoms with van der Waals surface area (Å²) < 4.78 is 0. The molecule has 0 radical (unpaired) electrons. The maximum absolute atomic E-state index is 8.63. The highest BCUT2D eigenvalue weighted by molar-refractivity contribution is 5.34. The lowest BCUT2D eigenvalue weighted by atomic mass is 9.94. The largest absolute Gasteiger partial charge is 0.508 e. The van der Waals surface area contributed by atoms with Gasteiger partial charge in [0.15, 0.2) is 0 Å². The molecule has 0 aliphatic carbocycles. The Kier molecular flexibility index (Phi) is 9.06. The molecule has 22 heavy (non-hydrogen) atoms. The summed E-state index contributed by atoms with van der Waals surface area (Å²) in [5.41, 5.74) is 4.69. The summed E-state index contributed by atoms with van der Waals surface area (Å²) in [4.78, 5) is 0. The second-order valence-corrected chi connectivity index (χ2v) is 5.76. The summed E-state index contributed by atoms with van der Waals surface area (Å²) in [6.45, 7) is 6.78. The average molecular weight is 298 g/mol. The van der Waals surface area contributed by atoms with E-state index in [1.54, 1.807) is 35.4 Å². The van der Waals surface area contributed by atoms with Crippen molar-refractivity contribution in [1.82, 2.24) is 0 Å². The van der Waals surface area contributed by atoms with Gasteiger partial charge in [0.2, 0.25) is 0 Å². The first-order chi connectivity index (χ1) is 10.7. The molecule has 0 amide bonds. The van der Waals surface area contributed by atoms with Gasteiger partial charge in [0.05, 0.1) is 0 Å². The third-order valence-electron chi connectivity index (χ3n) is 3.84. The van der Waals surface area contributed by atoms with Crippen molar-refractivity contribution in [3.05, 3.63) is 65.2 Å². The number of aryl methyl sites for hydroxylation is 2. The van der Waals surface area contributed by atoms with Crippen LogP contribution in [0.3, 0.4) is 0 Å². The molecule has 0 saturated carbocycles. The van der Waals surface area contributed by atoms with Crippen LogP contribution in [0.4, 0.5) is 0 Å². The van der Waals surface area contributed by atoms with E-state index in [1.165, 1.54) is 44.1 Å². The van der Waals surface area contributed by atoms with Crippen LogP contribution in [-0.2, 0) is 12.8 Å². The van der Waals surface area contributed by atoms with Gasteiger partial charge in [0.1, 0.15) is 5.75 Å². The van der Waals surface area contributed by atoms with Crippen LogP contribution in [0.25, 0.3) is 0 Å². The zero-order valence-electron chi connectivity index (χ0n) is 14.3. The Morgan fingerprint density at radius 1 is 0.773 bits per heavy atom. The molecule has 0 aromatic heterocycles. The first-order valence-electron chi connectivity index (χ1n) is 8.50. The highest BCUT2D eigenvalue weighted by Crippen LogP contribution is 2.19. The van der Waals surface area contributed by atoms with Crippen LogP contribution in [-0.4, -0.2) is 5.11 Å². The van der Waals surface area contributed by atoms with Gasteiger partial charge in [-0.25, -0.2) is 0 Å². The molecule has 0 atom stereocenters. The molecule has 1 N–H and O–H groups in total. The van der Waals surface area contributed by atoms with Crippen molar-refractivity contribution < 1.29 is 5.11 Å². The topological polar surface area (TPSA) is 20.2 Å². The molecule has 120 valence electrons. The smallest absolute Gasteiger partial charge is 0.115 e. The first kappa shape index (κ1) is 18.3. The minimum atomic E-state index is 0.322. The lowest BCUT2D eigenvalue weighted by Gasteiger charge is -2.11. The van der Waals surface area contributed by atoms with Gasteiger partial charge in [-0.15, -0.1) is 0 Å². The molecule has 0 spiro atoms. The van der Waals surface area contributed by atoms with E-state index >= 15 is 0 Å². The molecule has 1 nitrogen and oxygen atoms in total. The Hall–Kier alpha value is -1.76. The summed E-state index contributed by atoms with van der Waals surface area (Å²) in [6, 6.07) is 15.5.